The molecular formula is C16H25NO. The van der Waals surface area contributed by atoms with Crippen LogP contribution in [0, 0.1) is 20.8 Å². The maximum absolute atomic E-state index is 5.58. The number of benzene rings is 1. The number of aryl methyl sites for hydroxylation is 3. The monoisotopic (exact) mass is 247 g/mol. The van der Waals surface area contributed by atoms with E-state index in [0.29, 0.717) is 6.61 Å². The summed E-state index contributed by atoms with van der Waals surface area (Å²) in [4.78, 5) is 0. The molecule has 0 radical (unpaired) electrons. The molecule has 0 unspecified atom stereocenters. The van der Waals surface area contributed by atoms with Gasteiger partial charge >= 0.3 is 0 Å². The highest BCUT2D eigenvalue weighted by Gasteiger charge is 2.04. The molecule has 2 N–H and O–H groups in total. The van der Waals surface area contributed by atoms with Crippen molar-refractivity contribution < 1.29 is 4.74 Å². The van der Waals surface area contributed by atoms with Gasteiger partial charge in [0.1, 0.15) is 0 Å². The number of methoxy groups -OCH3 is 1. The van der Waals surface area contributed by atoms with Crippen molar-refractivity contribution in [3.05, 3.63) is 40.0 Å². The summed E-state index contributed by atoms with van der Waals surface area (Å²) in [5.41, 5.74) is 12.2. The fourth-order valence-corrected chi connectivity index (χ4v) is 2.32. The second-order valence-electron chi connectivity index (χ2n) is 4.94. The molecule has 0 saturated heterocycles. The predicted octanol–water partition coefficient (Wildman–Crippen LogP) is 3.38. The van der Waals surface area contributed by atoms with E-state index in [-0.39, 0.29) is 0 Å². The highest BCUT2D eigenvalue weighted by molar-refractivity contribution is 5.61. The van der Waals surface area contributed by atoms with E-state index in [4.69, 9.17) is 10.5 Å². The molecule has 0 saturated carbocycles. The first-order valence-electron chi connectivity index (χ1n) is 6.54. The van der Waals surface area contributed by atoms with Crippen LogP contribution in [0.25, 0.3) is 6.08 Å². The third-order valence-electron chi connectivity index (χ3n) is 3.12. The quantitative estimate of drug-likeness (QED) is 0.836. The minimum Gasteiger partial charge on any atom is -0.380 e. The lowest BCUT2D eigenvalue weighted by Crippen LogP contribution is -2.02. The fraction of sp³-hybridized carbons (Fsp3) is 0.500. The zero-order valence-corrected chi connectivity index (χ0v) is 12.0. The van der Waals surface area contributed by atoms with Gasteiger partial charge in [-0.15, -0.1) is 0 Å². The minimum absolute atomic E-state index is 0.687. The molecular weight excluding hydrogens is 222 g/mol. The Morgan fingerprint density at radius 2 is 1.83 bits per heavy atom. The van der Waals surface area contributed by atoms with Gasteiger partial charge in [-0.1, -0.05) is 23.8 Å². The average molecular weight is 247 g/mol. The van der Waals surface area contributed by atoms with Crippen LogP contribution in [0.5, 0.6) is 0 Å². The topological polar surface area (TPSA) is 35.2 Å². The molecule has 0 aliphatic rings. The summed E-state index contributed by atoms with van der Waals surface area (Å²) in [6, 6.07) is 4.46. The second-order valence-corrected chi connectivity index (χ2v) is 4.94. The molecule has 0 bridgehead atoms. The van der Waals surface area contributed by atoms with Gasteiger partial charge in [0.25, 0.3) is 0 Å². The Labute approximate surface area is 111 Å². The van der Waals surface area contributed by atoms with Gasteiger partial charge in [0.05, 0.1) is 6.61 Å². The van der Waals surface area contributed by atoms with Gasteiger partial charge in [-0.25, -0.2) is 0 Å². The Morgan fingerprint density at radius 3 is 2.33 bits per heavy atom. The normalized spacial score (nSPS) is 11.9. The lowest BCUT2D eigenvalue weighted by molar-refractivity contribution is 0.223. The van der Waals surface area contributed by atoms with Crippen LogP contribution in [-0.4, -0.2) is 20.3 Å². The van der Waals surface area contributed by atoms with Gasteiger partial charge in [0, 0.05) is 7.11 Å². The SMILES string of the molecule is COCC(=Cc1c(C)cc(C)cc1C)CCCN. The number of hydrogen-bond donors (Lipinski definition) is 1. The van der Waals surface area contributed by atoms with Crippen LogP contribution in [0.4, 0.5) is 0 Å². The summed E-state index contributed by atoms with van der Waals surface area (Å²) in [5.74, 6) is 0. The number of nitrogens with two attached hydrogens (primary N) is 1. The first-order chi connectivity index (χ1) is 8.58. The van der Waals surface area contributed by atoms with Gasteiger partial charge in [0.15, 0.2) is 0 Å². The van der Waals surface area contributed by atoms with E-state index in [2.05, 4.69) is 39.0 Å². The highest BCUT2D eigenvalue weighted by Crippen LogP contribution is 2.21. The van der Waals surface area contributed by atoms with Crippen molar-refractivity contribution in [2.45, 2.75) is 33.6 Å². The molecule has 0 heterocycles. The van der Waals surface area contributed by atoms with Crippen molar-refractivity contribution in [3.63, 3.8) is 0 Å². The minimum atomic E-state index is 0.687. The highest BCUT2D eigenvalue weighted by atomic mass is 16.5. The second kappa shape index (κ2) is 7.34. The fourth-order valence-electron chi connectivity index (χ4n) is 2.32. The van der Waals surface area contributed by atoms with Crippen molar-refractivity contribution in [3.8, 4) is 0 Å². The zero-order chi connectivity index (χ0) is 13.5. The maximum Gasteiger partial charge on any atom is 0.0676 e. The largest absolute Gasteiger partial charge is 0.380 e. The van der Waals surface area contributed by atoms with Crippen LogP contribution >= 0.6 is 0 Å². The Hall–Kier alpha value is -1.12. The standard InChI is InChI=1S/C16H25NO/c1-12-8-13(2)16(14(3)9-12)10-15(11-18-4)6-5-7-17/h8-10H,5-7,11,17H2,1-4H3. The van der Waals surface area contributed by atoms with Gasteiger partial charge < -0.3 is 10.5 Å². The summed E-state index contributed by atoms with van der Waals surface area (Å²) in [7, 11) is 1.74. The Balaban J connectivity index is 3.03. The molecule has 0 fully saturated rings. The lowest BCUT2D eigenvalue weighted by Gasteiger charge is -2.11. The molecule has 0 aliphatic heterocycles. The van der Waals surface area contributed by atoms with Gasteiger partial charge in [-0.2, -0.15) is 0 Å². The summed E-state index contributed by atoms with van der Waals surface area (Å²) < 4.78 is 5.27. The van der Waals surface area contributed by atoms with Gasteiger partial charge in [-0.05, 0) is 62.4 Å². The Morgan fingerprint density at radius 1 is 1.22 bits per heavy atom. The lowest BCUT2D eigenvalue weighted by atomic mass is 9.97. The molecule has 1 aromatic carbocycles. The van der Waals surface area contributed by atoms with E-state index < -0.39 is 0 Å². The van der Waals surface area contributed by atoms with Crippen molar-refractivity contribution in [2.75, 3.05) is 20.3 Å². The van der Waals surface area contributed by atoms with E-state index in [9.17, 15) is 0 Å². The van der Waals surface area contributed by atoms with Crippen LogP contribution in [0.3, 0.4) is 0 Å². The number of hydrogen-bond acceptors (Lipinski definition) is 2. The Bertz CT molecular complexity index is 398. The smallest absolute Gasteiger partial charge is 0.0676 e. The van der Waals surface area contributed by atoms with E-state index in [0.717, 1.165) is 19.4 Å². The molecule has 1 aromatic rings. The van der Waals surface area contributed by atoms with Crippen molar-refractivity contribution in [2.24, 2.45) is 5.73 Å². The van der Waals surface area contributed by atoms with E-state index in [1.807, 2.05) is 0 Å². The van der Waals surface area contributed by atoms with Crippen molar-refractivity contribution in [1.82, 2.24) is 0 Å². The van der Waals surface area contributed by atoms with Crippen LogP contribution in [-0.2, 0) is 4.74 Å². The molecule has 100 valence electrons. The summed E-state index contributed by atoms with van der Waals surface area (Å²) in [5, 5.41) is 0. The summed E-state index contributed by atoms with van der Waals surface area (Å²) in [6.45, 7) is 7.88. The van der Waals surface area contributed by atoms with Crippen LogP contribution in [0.2, 0.25) is 0 Å². The van der Waals surface area contributed by atoms with Crippen LogP contribution in [0.1, 0.15) is 35.1 Å². The third kappa shape index (κ3) is 4.28. The van der Waals surface area contributed by atoms with Crippen molar-refractivity contribution >= 4 is 6.08 Å². The maximum atomic E-state index is 5.58. The van der Waals surface area contributed by atoms with E-state index >= 15 is 0 Å². The van der Waals surface area contributed by atoms with Crippen molar-refractivity contribution in [1.29, 1.82) is 0 Å². The van der Waals surface area contributed by atoms with Gasteiger partial charge in [0.2, 0.25) is 0 Å². The molecule has 2 heteroatoms. The molecule has 0 aromatic heterocycles. The summed E-state index contributed by atoms with van der Waals surface area (Å²) >= 11 is 0. The zero-order valence-electron chi connectivity index (χ0n) is 12.0. The molecule has 0 atom stereocenters. The molecule has 0 amide bonds. The molecule has 0 spiro atoms. The van der Waals surface area contributed by atoms with E-state index in [1.165, 1.54) is 27.8 Å². The number of ether oxygens (including phenoxy) is 1. The molecule has 2 nitrogen and oxygen atoms in total. The first-order valence-corrected chi connectivity index (χ1v) is 6.54. The van der Waals surface area contributed by atoms with Crippen LogP contribution in [0.15, 0.2) is 17.7 Å². The average Bonchev–Trinajstić information content (AvgIpc) is 2.30. The molecule has 18 heavy (non-hydrogen) atoms. The summed E-state index contributed by atoms with van der Waals surface area (Å²) in [6.07, 6.45) is 4.29. The number of rotatable bonds is 6. The Kier molecular flexibility index (Phi) is 6.10. The molecule has 1 rings (SSSR count). The first kappa shape index (κ1) is 14.9. The van der Waals surface area contributed by atoms with Gasteiger partial charge in [-0.3, -0.25) is 0 Å². The predicted molar refractivity (Wildman–Crippen MR) is 78.8 cm³/mol. The van der Waals surface area contributed by atoms with E-state index in [1.54, 1.807) is 7.11 Å². The van der Waals surface area contributed by atoms with Crippen LogP contribution < -0.4 is 5.73 Å². The third-order valence-corrected chi connectivity index (χ3v) is 3.12. The molecule has 0 aliphatic carbocycles.